The fourth-order valence-corrected chi connectivity index (χ4v) is 1.84. The van der Waals surface area contributed by atoms with Crippen molar-refractivity contribution in [3.05, 3.63) is 65.7 Å². The first-order valence-corrected chi connectivity index (χ1v) is 7.05. The van der Waals surface area contributed by atoms with Gasteiger partial charge in [-0.25, -0.2) is 4.79 Å². The van der Waals surface area contributed by atoms with E-state index in [2.05, 4.69) is 16.0 Å². The molecule has 0 unspecified atom stereocenters. The lowest BCUT2D eigenvalue weighted by Crippen LogP contribution is -2.39. The summed E-state index contributed by atoms with van der Waals surface area (Å²) in [7, 11) is 0. The van der Waals surface area contributed by atoms with Crippen LogP contribution in [0.5, 0.6) is 0 Å². The highest BCUT2D eigenvalue weighted by molar-refractivity contribution is 5.94. The number of amides is 3. The van der Waals surface area contributed by atoms with E-state index in [-0.39, 0.29) is 18.5 Å². The molecule has 3 amide bonds. The molecule has 114 valence electrons. The number of benzene rings is 2. The summed E-state index contributed by atoms with van der Waals surface area (Å²) in [6.07, 6.45) is 0. The summed E-state index contributed by atoms with van der Waals surface area (Å²) in [6.45, 7) is 2.32. The molecular weight excluding hydrogens is 278 g/mol. The zero-order valence-corrected chi connectivity index (χ0v) is 12.4. The van der Waals surface area contributed by atoms with E-state index in [1.165, 1.54) is 0 Å². The number of carbonyl (C=O) groups excluding carboxylic acids is 2. The Kier molecular flexibility index (Phi) is 5.54. The van der Waals surface area contributed by atoms with Gasteiger partial charge in [0.05, 0.1) is 6.54 Å². The van der Waals surface area contributed by atoms with Crippen LogP contribution in [0, 0.1) is 6.92 Å². The van der Waals surface area contributed by atoms with Crippen molar-refractivity contribution < 1.29 is 9.59 Å². The molecule has 3 N–H and O–H groups in total. The van der Waals surface area contributed by atoms with E-state index >= 15 is 0 Å². The number of aryl methyl sites for hydroxylation is 1. The largest absolute Gasteiger partial charge is 0.334 e. The van der Waals surface area contributed by atoms with Gasteiger partial charge in [0, 0.05) is 12.2 Å². The van der Waals surface area contributed by atoms with Gasteiger partial charge in [-0.15, -0.1) is 0 Å². The Hall–Kier alpha value is -2.82. The zero-order chi connectivity index (χ0) is 15.8. The average Bonchev–Trinajstić information content (AvgIpc) is 2.54. The third-order valence-electron chi connectivity index (χ3n) is 3.04. The third kappa shape index (κ3) is 5.28. The number of anilines is 1. The lowest BCUT2D eigenvalue weighted by molar-refractivity contribution is -0.115. The molecule has 2 aromatic carbocycles. The van der Waals surface area contributed by atoms with Crippen LogP contribution in [0.1, 0.15) is 11.1 Å². The highest BCUT2D eigenvalue weighted by Crippen LogP contribution is 2.07. The predicted octanol–water partition coefficient (Wildman–Crippen LogP) is 2.43. The van der Waals surface area contributed by atoms with E-state index < -0.39 is 0 Å². The first kappa shape index (κ1) is 15.6. The molecule has 0 aliphatic rings. The molecule has 0 saturated heterocycles. The molecule has 2 aromatic rings. The minimum absolute atomic E-state index is 0.0749. The summed E-state index contributed by atoms with van der Waals surface area (Å²) in [6, 6.07) is 16.7. The van der Waals surface area contributed by atoms with E-state index in [1.807, 2.05) is 61.5 Å². The predicted molar refractivity (Wildman–Crippen MR) is 86.5 cm³/mol. The number of carbonyl (C=O) groups is 2. The number of rotatable bonds is 5. The number of hydrogen-bond donors (Lipinski definition) is 3. The van der Waals surface area contributed by atoms with Gasteiger partial charge in [-0.2, -0.15) is 0 Å². The van der Waals surface area contributed by atoms with Gasteiger partial charge in [-0.05, 0) is 24.6 Å². The van der Waals surface area contributed by atoms with Gasteiger partial charge in [-0.3, -0.25) is 4.79 Å². The van der Waals surface area contributed by atoms with Crippen molar-refractivity contribution in [2.24, 2.45) is 0 Å². The highest BCUT2D eigenvalue weighted by atomic mass is 16.2. The zero-order valence-electron chi connectivity index (χ0n) is 12.4. The molecule has 0 atom stereocenters. The molecular formula is C17H19N3O2. The second-order valence-corrected chi connectivity index (χ2v) is 4.94. The minimum Gasteiger partial charge on any atom is -0.334 e. The molecule has 0 saturated carbocycles. The second kappa shape index (κ2) is 7.83. The lowest BCUT2D eigenvalue weighted by atomic mass is 10.2. The normalized spacial score (nSPS) is 9.86. The maximum absolute atomic E-state index is 11.7. The van der Waals surface area contributed by atoms with Crippen LogP contribution in [0.25, 0.3) is 0 Å². The minimum atomic E-state index is -0.372. The molecule has 5 heteroatoms. The first-order chi connectivity index (χ1) is 10.6. The van der Waals surface area contributed by atoms with Gasteiger partial charge in [0.15, 0.2) is 0 Å². The van der Waals surface area contributed by atoms with Gasteiger partial charge in [-0.1, -0.05) is 48.0 Å². The molecule has 0 aliphatic heterocycles. The van der Waals surface area contributed by atoms with E-state index in [0.29, 0.717) is 12.2 Å². The van der Waals surface area contributed by atoms with Crippen LogP contribution in [-0.2, 0) is 11.3 Å². The van der Waals surface area contributed by atoms with E-state index in [9.17, 15) is 9.59 Å². The van der Waals surface area contributed by atoms with Crippen LogP contribution in [0.2, 0.25) is 0 Å². The van der Waals surface area contributed by atoms with Crippen LogP contribution < -0.4 is 16.0 Å². The number of hydrogen-bond acceptors (Lipinski definition) is 2. The third-order valence-corrected chi connectivity index (χ3v) is 3.04. The summed E-state index contributed by atoms with van der Waals surface area (Å²) in [5.74, 6) is -0.265. The van der Waals surface area contributed by atoms with E-state index in [0.717, 1.165) is 11.1 Å². The van der Waals surface area contributed by atoms with Crippen molar-refractivity contribution in [2.75, 3.05) is 11.9 Å². The smallest absolute Gasteiger partial charge is 0.315 e. The van der Waals surface area contributed by atoms with Crippen molar-refractivity contribution in [2.45, 2.75) is 13.5 Å². The van der Waals surface area contributed by atoms with Gasteiger partial charge in [0.25, 0.3) is 0 Å². The van der Waals surface area contributed by atoms with Crippen LogP contribution >= 0.6 is 0 Å². The quantitative estimate of drug-likeness (QED) is 0.793. The van der Waals surface area contributed by atoms with Crippen molar-refractivity contribution in [3.8, 4) is 0 Å². The SMILES string of the molecule is Cc1ccc(NC(=O)CNC(=O)NCc2ccccc2)cc1. The molecule has 0 heterocycles. The number of nitrogens with one attached hydrogen (secondary N) is 3. The fourth-order valence-electron chi connectivity index (χ4n) is 1.84. The van der Waals surface area contributed by atoms with Crippen molar-refractivity contribution in [3.63, 3.8) is 0 Å². The molecule has 0 aliphatic carbocycles. The van der Waals surface area contributed by atoms with Crippen LogP contribution in [0.3, 0.4) is 0 Å². The lowest BCUT2D eigenvalue weighted by Gasteiger charge is -2.08. The van der Waals surface area contributed by atoms with E-state index in [4.69, 9.17) is 0 Å². The van der Waals surface area contributed by atoms with Crippen LogP contribution in [0.15, 0.2) is 54.6 Å². The van der Waals surface area contributed by atoms with Crippen LogP contribution in [-0.4, -0.2) is 18.5 Å². The monoisotopic (exact) mass is 297 g/mol. The fraction of sp³-hybridized carbons (Fsp3) is 0.176. The first-order valence-electron chi connectivity index (χ1n) is 7.05. The topological polar surface area (TPSA) is 70.2 Å². The molecule has 0 radical (unpaired) electrons. The summed E-state index contributed by atoms with van der Waals surface area (Å²) in [5.41, 5.74) is 2.83. The standard InChI is InChI=1S/C17H19N3O2/c1-13-7-9-15(10-8-13)20-16(21)12-19-17(22)18-11-14-5-3-2-4-6-14/h2-10H,11-12H2,1H3,(H,20,21)(H2,18,19,22). The van der Waals surface area contributed by atoms with Crippen LogP contribution in [0.4, 0.5) is 10.5 Å². The highest BCUT2D eigenvalue weighted by Gasteiger charge is 2.05. The summed E-state index contributed by atoms with van der Waals surface area (Å²) in [5, 5.41) is 7.93. The second-order valence-electron chi connectivity index (χ2n) is 4.94. The molecule has 22 heavy (non-hydrogen) atoms. The molecule has 2 rings (SSSR count). The van der Waals surface area contributed by atoms with Crippen molar-refractivity contribution >= 4 is 17.6 Å². The summed E-state index contributed by atoms with van der Waals surface area (Å²) < 4.78 is 0. The Morgan fingerprint density at radius 1 is 0.909 bits per heavy atom. The summed E-state index contributed by atoms with van der Waals surface area (Å²) >= 11 is 0. The molecule has 0 bridgehead atoms. The Bertz CT molecular complexity index is 624. The van der Waals surface area contributed by atoms with Gasteiger partial charge in [0.2, 0.25) is 5.91 Å². The van der Waals surface area contributed by atoms with Gasteiger partial charge < -0.3 is 16.0 Å². The Morgan fingerprint density at radius 2 is 1.59 bits per heavy atom. The van der Waals surface area contributed by atoms with Crippen molar-refractivity contribution in [1.29, 1.82) is 0 Å². The number of urea groups is 1. The average molecular weight is 297 g/mol. The molecule has 0 fully saturated rings. The maximum Gasteiger partial charge on any atom is 0.315 e. The van der Waals surface area contributed by atoms with Gasteiger partial charge in [0.1, 0.15) is 0 Å². The maximum atomic E-state index is 11.7. The van der Waals surface area contributed by atoms with Crippen molar-refractivity contribution in [1.82, 2.24) is 10.6 Å². The van der Waals surface area contributed by atoms with E-state index in [1.54, 1.807) is 0 Å². The summed E-state index contributed by atoms with van der Waals surface area (Å²) in [4.78, 5) is 23.3. The molecule has 0 aromatic heterocycles. The Morgan fingerprint density at radius 3 is 2.27 bits per heavy atom. The Labute approximate surface area is 129 Å². The molecule has 0 spiro atoms. The molecule has 5 nitrogen and oxygen atoms in total. The Balaban J connectivity index is 1.69. The van der Waals surface area contributed by atoms with Gasteiger partial charge >= 0.3 is 6.03 Å².